The summed E-state index contributed by atoms with van der Waals surface area (Å²) in [6, 6.07) is 20.3. The van der Waals surface area contributed by atoms with Crippen LogP contribution in [0.5, 0.6) is 0 Å². The summed E-state index contributed by atoms with van der Waals surface area (Å²) in [6.07, 6.45) is 5.77. The van der Waals surface area contributed by atoms with E-state index < -0.39 is 5.54 Å². The molecule has 2 aliphatic heterocycles. The molecule has 49 heavy (non-hydrogen) atoms. The van der Waals surface area contributed by atoms with Gasteiger partial charge in [0.1, 0.15) is 31.0 Å². The van der Waals surface area contributed by atoms with Gasteiger partial charge in [-0.2, -0.15) is 9.59 Å². The summed E-state index contributed by atoms with van der Waals surface area (Å²) < 4.78 is 8.49. The molecule has 0 bridgehead atoms. The van der Waals surface area contributed by atoms with Crippen LogP contribution in [-0.4, -0.2) is 82.4 Å². The van der Waals surface area contributed by atoms with Crippen molar-refractivity contribution in [1.82, 2.24) is 14.8 Å². The molecule has 0 saturated carbocycles. The third-order valence-corrected chi connectivity index (χ3v) is 9.46. The number of anilines is 1. The molecule has 254 valence electrons. The van der Waals surface area contributed by atoms with Gasteiger partial charge in [-0.25, -0.2) is 4.58 Å². The first-order chi connectivity index (χ1) is 23.5. The number of benzene rings is 3. The van der Waals surface area contributed by atoms with Crippen LogP contribution in [0.25, 0.3) is 33.4 Å². The average Bonchev–Trinajstić information content (AvgIpc) is 3.75. The number of amides is 1. The van der Waals surface area contributed by atoms with Crippen molar-refractivity contribution in [3.63, 3.8) is 0 Å². The first kappa shape index (κ1) is 35.1. The molecule has 2 heterocycles. The molecule has 2 aromatic carbocycles. The predicted molar refractivity (Wildman–Crippen MR) is 188 cm³/mol. The first-order valence-electron chi connectivity index (χ1n) is 16.5. The molecule has 10 nitrogen and oxygen atoms in total. The maximum atomic E-state index is 13.0. The third kappa shape index (κ3) is 7.46. The van der Waals surface area contributed by atoms with Crippen molar-refractivity contribution in [2.24, 2.45) is 0 Å². The normalized spacial score (nSPS) is 16.6. The Bertz CT molecular complexity index is 2000. The lowest BCUT2D eigenvalue weighted by molar-refractivity contribution is -0.191. The van der Waals surface area contributed by atoms with E-state index in [0.29, 0.717) is 37.8 Å². The Labute approximate surface area is 286 Å². The zero-order chi connectivity index (χ0) is 35.3. The number of Topliss-reactive ketones (excluding diaryl/α,β-unsaturated/α-hetero) is 2. The van der Waals surface area contributed by atoms with Crippen LogP contribution < -0.4 is 20.1 Å². The van der Waals surface area contributed by atoms with E-state index in [1.54, 1.807) is 0 Å². The number of carbonyl (C=O) groups excluding carboxylic acids is 5. The van der Waals surface area contributed by atoms with Gasteiger partial charge >= 0.3 is 6.15 Å². The van der Waals surface area contributed by atoms with E-state index in [-0.39, 0.29) is 23.6 Å². The van der Waals surface area contributed by atoms with Gasteiger partial charge in [-0.05, 0) is 55.6 Å². The molecule has 0 aromatic heterocycles. The molecule has 1 unspecified atom stereocenters. The van der Waals surface area contributed by atoms with Gasteiger partial charge in [0.05, 0.1) is 6.07 Å². The quantitative estimate of drug-likeness (QED) is 0.0817. The minimum Gasteiger partial charge on any atom is -0.456 e. The van der Waals surface area contributed by atoms with Gasteiger partial charge in [0.15, 0.2) is 11.6 Å². The summed E-state index contributed by atoms with van der Waals surface area (Å²) in [6.45, 7) is 1.27. The van der Waals surface area contributed by atoms with E-state index in [4.69, 9.17) is 14.0 Å². The molecule has 1 spiro atoms. The third-order valence-electron chi connectivity index (χ3n) is 9.46. The van der Waals surface area contributed by atoms with Crippen molar-refractivity contribution in [2.45, 2.75) is 44.1 Å². The van der Waals surface area contributed by atoms with Crippen molar-refractivity contribution in [1.29, 1.82) is 0 Å². The van der Waals surface area contributed by atoms with E-state index in [1.165, 1.54) is 0 Å². The van der Waals surface area contributed by atoms with Gasteiger partial charge in [0.25, 0.3) is 0 Å². The highest BCUT2D eigenvalue weighted by molar-refractivity contribution is 6.04. The highest BCUT2D eigenvalue weighted by Gasteiger charge is 2.55. The van der Waals surface area contributed by atoms with E-state index in [9.17, 15) is 14.4 Å². The fraction of sp³-hybridized carbons (Fsp3) is 0.359. The predicted octanol–water partition coefficient (Wildman–Crippen LogP) is 4.55. The summed E-state index contributed by atoms with van der Waals surface area (Å²) in [7, 11) is 10.0. The van der Waals surface area contributed by atoms with Crippen LogP contribution in [-0.2, 0) is 19.2 Å². The fourth-order valence-corrected chi connectivity index (χ4v) is 6.65. The molecule has 2 aromatic rings. The second kappa shape index (κ2) is 14.9. The largest absolute Gasteiger partial charge is 0.456 e. The molecular weight excluding hydrogens is 620 g/mol. The van der Waals surface area contributed by atoms with Crippen LogP contribution in [0.4, 0.5) is 5.69 Å². The molecule has 1 fully saturated rings. The number of nitrogens with zero attached hydrogens (tertiary/aromatic N) is 3. The molecule has 1 N–H and O–H groups in total. The number of hydrogen-bond acceptors (Lipinski definition) is 8. The zero-order valence-corrected chi connectivity index (χ0v) is 28.8. The van der Waals surface area contributed by atoms with Gasteiger partial charge in [0, 0.05) is 86.3 Å². The molecule has 6 rings (SSSR count). The first-order valence-corrected chi connectivity index (χ1v) is 16.5. The van der Waals surface area contributed by atoms with Crippen LogP contribution in [0, 0.1) is 0 Å². The molecule has 10 heteroatoms. The van der Waals surface area contributed by atoms with Gasteiger partial charge in [-0.3, -0.25) is 19.3 Å². The van der Waals surface area contributed by atoms with Crippen molar-refractivity contribution < 1.29 is 28.4 Å². The summed E-state index contributed by atoms with van der Waals surface area (Å²) in [5.41, 5.74) is 6.34. The number of hydrogen-bond donors (Lipinski definition) is 1. The topological polar surface area (TPSA) is 120 Å². The van der Waals surface area contributed by atoms with Gasteiger partial charge in [0.2, 0.25) is 11.3 Å². The van der Waals surface area contributed by atoms with E-state index >= 15 is 0 Å². The molecule has 1 atom stereocenters. The highest BCUT2D eigenvalue weighted by Crippen LogP contribution is 2.47. The van der Waals surface area contributed by atoms with Crippen molar-refractivity contribution in [3.8, 4) is 22.5 Å². The number of likely N-dealkylation sites (N-methyl/N-ethyl adjacent to an activating group) is 1. The Morgan fingerprint density at radius 1 is 1.00 bits per heavy atom. The Hall–Kier alpha value is -5.18. The Morgan fingerprint density at radius 2 is 1.73 bits per heavy atom. The van der Waals surface area contributed by atoms with Crippen LogP contribution in [0.2, 0.25) is 0 Å². The van der Waals surface area contributed by atoms with Crippen LogP contribution in [0.1, 0.15) is 48.9 Å². The van der Waals surface area contributed by atoms with E-state index in [2.05, 4.69) is 62.2 Å². The SMILES string of the molecule is CN(C)c1ccc2c(-c3ccc(C(=O)CCCNC(=O)CCCC4=CC45C(=O)CCN5C)cc3)c3ccc(=[N+](C)C)cc-3oc2c1.O=C=O. The molecule has 0 radical (unpaired) electrons. The van der Waals surface area contributed by atoms with E-state index in [1.807, 2.05) is 59.5 Å². The standard InChI is InChI=1S/C38H42N4O4.CO2/c1-40(2)28-15-17-30-33(22-28)46-34-23-29(41(3)4)16-18-31(34)37(30)26-13-11-25(12-14-26)32(43)9-7-20-39-36(45)10-6-8-27-24-38(27)35(44)19-21-42(38)5;2-1-3/h11-18,22-24H,6-10,19-21H2,1-5H3;/p+1. The maximum Gasteiger partial charge on any atom is 0.373 e. The molecule has 1 amide bonds. The van der Waals surface area contributed by atoms with Crippen molar-refractivity contribution in [3.05, 3.63) is 83.2 Å². The lowest BCUT2D eigenvalue weighted by Gasteiger charge is -2.19. The number of carbonyl (C=O) groups is 3. The number of likely N-dealkylation sites (tertiary alicyclic amines) is 1. The molecule has 2 aliphatic carbocycles. The summed E-state index contributed by atoms with van der Waals surface area (Å²) >= 11 is 0. The van der Waals surface area contributed by atoms with Crippen molar-refractivity contribution >= 4 is 40.3 Å². The second-order valence-corrected chi connectivity index (χ2v) is 13.0. The van der Waals surface area contributed by atoms with Crippen molar-refractivity contribution in [2.75, 3.05) is 53.2 Å². The Balaban J connectivity index is 0.00000151. The van der Waals surface area contributed by atoms with Crippen LogP contribution in [0.3, 0.4) is 0 Å². The number of rotatable bonds is 11. The number of nitrogens with one attached hydrogen (secondary N) is 1. The highest BCUT2D eigenvalue weighted by atomic mass is 16.3. The average molecular weight is 664 g/mol. The zero-order valence-electron chi connectivity index (χ0n) is 28.8. The number of fused-ring (bicyclic) bond motifs is 2. The van der Waals surface area contributed by atoms with Crippen LogP contribution in [0.15, 0.2) is 76.7 Å². The lowest BCUT2D eigenvalue weighted by Crippen LogP contribution is -2.35. The summed E-state index contributed by atoms with van der Waals surface area (Å²) in [4.78, 5) is 58.0. The minimum atomic E-state index is -0.431. The monoisotopic (exact) mass is 663 g/mol. The van der Waals surface area contributed by atoms with Crippen LogP contribution >= 0.6 is 0 Å². The smallest absolute Gasteiger partial charge is 0.373 e. The molecular formula is C39H43N4O6+. The van der Waals surface area contributed by atoms with Gasteiger partial charge in [-0.15, -0.1) is 0 Å². The van der Waals surface area contributed by atoms with Gasteiger partial charge < -0.3 is 14.6 Å². The lowest BCUT2D eigenvalue weighted by atomic mass is 9.92. The molecule has 4 aliphatic rings. The van der Waals surface area contributed by atoms with E-state index in [0.717, 1.165) is 69.4 Å². The maximum absolute atomic E-state index is 13.0. The summed E-state index contributed by atoms with van der Waals surface area (Å²) in [5, 5.41) is 5.01. The molecule has 1 saturated heterocycles. The summed E-state index contributed by atoms with van der Waals surface area (Å²) in [5.74, 6) is 1.13. The van der Waals surface area contributed by atoms with Gasteiger partial charge in [-0.1, -0.05) is 30.3 Å². The minimum absolute atomic E-state index is 0.0114. The number of ketones is 2. The Kier molecular flexibility index (Phi) is 10.7. The fourth-order valence-electron chi connectivity index (χ4n) is 6.65. The second-order valence-electron chi connectivity index (χ2n) is 13.0. The Morgan fingerprint density at radius 3 is 2.39 bits per heavy atom.